The minimum absolute atomic E-state index is 0.0568. The van der Waals surface area contributed by atoms with E-state index in [4.69, 9.17) is 10.5 Å². The van der Waals surface area contributed by atoms with E-state index in [9.17, 15) is 4.39 Å². The van der Waals surface area contributed by atoms with Gasteiger partial charge in [-0.1, -0.05) is 19.1 Å². The minimum atomic E-state index is -0.232. The van der Waals surface area contributed by atoms with E-state index in [-0.39, 0.29) is 17.4 Å². The Balaban J connectivity index is 2.15. The molecule has 1 heterocycles. The lowest BCUT2D eigenvalue weighted by molar-refractivity contribution is -0.0272. The average molecular weight is 359 g/mol. The first-order valence-corrected chi connectivity index (χ1v) is 8.29. The smallest absolute Gasteiger partial charge is 0.137 e. The van der Waals surface area contributed by atoms with Gasteiger partial charge in [-0.3, -0.25) is 4.90 Å². The third-order valence-corrected chi connectivity index (χ3v) is 5.61. The number of nitrogens with two attached hydrogens (primary N) is 1. The molecule has 0 saturated carbocycles. The highest BCUT2D eigenvalue weighted by atomic mass is 79.9. The summed E-state index contributed by atoms with van der Waals surface area (Å²) >= 11 is 3.33. The van der Waals surface area contributed by atoms with Crippen LogP contribution in [-0.2, 0) is 11.2 Å². The van der Waals surface area contributed by atoms with E-state index >= 15 is 0 Å². The van der Waals surface area contributed by atoms with Gasteiger partial charge in [0.1, 0.15) is 5.82 Å². The zero-order valence-electron chi connectivity index (χ0n) is 12.7. The van der Waals surface area contributed by atoms with E-state index in [1.54, 1.807) is 6.07 Å². The van der Waals surface area contributed by atoms with Crippen molar-refractivity contribution in [2.75, 3.05) is 26.3 Å². The molecule has 0 amide bonds. The fourth-order valence-corrected chi connectivity index (χ4v) is 3.38. The summed E-state index contributed by atoms with van der Waals surface area (Å²) in [6.45, 7) is 7.69. The third-order valence-electron chi connectivity index (χ3n) is 4.72. The van der Waals surface area contributed by atoms with Crippen molar-refractivity contribution < 1.29 is 9.13 Å². The maximum atomic E-state index is 13.6. The Kier molecular flexibility index (Phi) is 5.77. The molecule has 1 saturated heterocycles. The molecule has 1 aliphatic heterocycles. The Bertz CT molecular complexity index is 479. The monoisotopic (exact) mass is 358 g/mol. The van der Waals surface area contributed by atoms with Crippen molar-refractivity contribution in [2.24, 2.45) is 5.73 Å². The molecule has 0 bridgehead atoms. The molecule has 2 unspecified atom stereocenters. The molecule has 1 aliphatic rings. The van der Waals surface area contributed by atoms with Crippen molar-refractivity contribution >= 4 is 15.9 Å². The highest BCUT2D eigenvalue weighted by molar-refractivity contribution is 9.10. The van der Waals surface area contributed by atoms with Crippen molar-refractivity contribution in [3.05, 3.63) is 34.1 Å². The van der Waals surface area contributed by atoms with Gasteiger partial charge in [-0.15, -0.1) is 0 Å². The van der Waals surface area contributed by atoms with Crippen molar-refractivity contribution in [3.63, 3.8) is 0 Å². The van der Waals surface area contributed by atoms with Gasteiger partial charge in [0.05, 0.1) is 17.7 Å². The molecule has 0 radical (unpaired) electrons. The molecule has 1 fully saturated rings. The van der Waals surface area contributed by atoms with Crippen LogP contribution in [0.3, 0.4) is 0 Å². The first-order chi connectivity index (χ1) is 9.99. The van der Waals surface area contributed by atoms with Crippen LogP contribution in [0.4, 0.5) is 4.39 Å². The predicted octanol–water partition coefficient (Wildman–Crippen LogP) is 2.96. The van der Waals surface area contributed by atoms with E-state index in [2.05, 4.69) is 34.7 Å². The molecule has 0 aromatic heterocycles. The van der Waals surface area contributed by atoms with E-state index in [1.807, 2.05) is 6.07 Å². The summed E-state index contributed by atoms with van der Waals surface area (Å²) < 4.78 is 19.6. The Morgan fingerprint density at radius 3 is 2.71 bits per heavy atom. The van der Waals surface area contributed by atoms with Crippen LogP contribution in [0.5, 0.6) is 0 Å². The molecule has 0 aliphatic carbocycles. The summed E-state index contributed by atoms with van der Waals surface area (Å²) in [4.78, 5) is 2.41. The fraction of sp³-hybridized carbons (Fsp3) is 0.625. The summed E-state index contributed by atoms with van der Waals surface area (Å²) in [5.41, 5.74) is 7.34. The highest BCUT2D eigenvalue weighted by Crippen LogP contribution is 2.28. The lowest BCUT2D eigenvalue weighted by Crippen LogP contribution is -2.61. The molecule has 0 spiro atoms. The van der Waals surface area contributed by atoms with Crippen molar-refractivity contribution in [1.29, 1.82) is 0 Å². The van der Waals surface area contributed by atoms with Gasteiger partial charge in [0.2, 0.25) is 0 Å². The highest BCUT2D eigenvalue weighted by Gasteiger charge is 2.37. The fourth-order valence-electron chi connectivity index (χ4n) is 2.96. The molecule has 3 nitrogen and oxygen atoms in total. The van der Waals surface area contributed by atoms with Gasteiger partial charge in [0, 0.05) is 24.7 Å². The number of hydrogen-bond donors (Lipinski definition) is 1. The van der Waals surface area contributed by atoms with Crippen LogP contribution in [0.2, 0.25) is 0 Å². The molecular formula is C16H24BrFN2O. The zero-order valence-corrected chi connectivity index (χ0v) is 14.3. The van der Waals surface area contributed by atoms with Crippen LogP contribution in [0.25, 0.3) is 0 Å². The molecule has 2 rings (SSSR count). The Hall–Kier alpha value is -0.490. The number of rotatable bonds is 5. The number of nitrogens with zero attached hydrogens (tertiary/aromatic N) is 1. The molecular weight excluding hydrogens is 335 g/mol. The topological polar surface area (TPSA) is 38.5 Å². The van der Waals surface area contributed by atoms with Gasteiger partial charge in [-0.05, 0) is 47.3 Å². The predicted molar refractivity (Wildman–Crippen MR) is 86.9 cm³/mol. The van der Waals surface area contributed by atoms with Crippen LogP contribution in [0.1, 0.15) is 25.8 Å². The lowest BCUT2D eigenvalue weighted by atomic mass is 9.84. The second-order valence-corrected chi connectivity index (χ2v) is 6.63. The molecule has 1 aromatic rings. The normalized spacial score (nSPS) is 21.0. The van der Waals surface area contributed by atoms with Crippen LogP contribution < -0.4 is 5.73 Å². The van der Waals surface area contributed by atoms with Crippen LogP contribution in [0, 0.1) is 5.82 Å². The van der Waals surface area contributed by atoms with E-state index in [0.29, 0.717) is 10.9 Å². The van der Waals surface area contributed by atoms with Gasteiger partial charge in [-0.2, -0.15) is 0 Å². The van der Waals surface area contributed by atoms with Crippen LogP contribution >= 0.6 is 15.9 Å². The summed E-state index contributed by atoms with van der Waals surface area (Å²) in [5.74, 6) is -0.232. The van der Waals surface area contributed by atoms with Gasteiger partial charge in [0.15, 0.2) is 0 Å². The van der Waals surface area contributed by atoms with Crippen molar-refractivity contribution in [3.8, 4) is 0 Å². The molecule has 1 aromatic carbocycles. The molecule has 21 heavy (non-hydrogen) atoms. The van der Waals surface area contributed by atoms with Crippen LogP contribution in [0.15, 0.2) is 22.7 Å². The van der Waals surface area contributed by atoms with Gasteiger partial charge >= 0.3 is 0 Å². The van der Waals surface area contributed by atoms with E-state index < -0.39 is 0 Å². The number of benzene rings is 1. The lowest BCUT2D eigenvalue weighted by Gasteiger charge is -2.46. The van der Waals surface area contributed by atoms with Gasteiger partial charge < -0.3 is 10.5 Å². The third kappa shape index (κ3) is 3.65. The summed E-state index contributed by atoms with van der Waals surface area (Å²) in [5, 5.41) is 0. The number of hydrogen-bond acceptors (Lipinski definition) is 3. The van der Waals surface area contributed by atoms with Crippen molar-refractivity contribution in [2.45, 2.75) is 38.3 Å². The summed E-state index contributed by atoms with van der Waals surface area (Å²) in [6.07, 6.45) is 1.61. The van der Waals surface area contributed by atoms with Crippen LogP contribution in [-0.4, -0.2) is 42.8 Å². The van der Waals surface area contributed by atoms with E-state index in [0.717, 1.165) is 38.3 Å². The number of ether oxygens (including phenoxy) is 1. The standard InChI is InChI=1S/C16H24BrFN2O/c1-3-16(2,20-7-9-21-10-8-20)14(19)11-12-5-4-6-13(18)15(12)17/h4-6,14H,3,7-11,19H2,1-2H3. The number of halogens is 2. The van der Waals surface area contributed by atoms with E-state index in [1.165, 1.54) is 6.07 Å². The summed E-state index contributed by atoms with van der Waals surface area (Å²) in [6, 6.07) is 5.07. The maximum absolute atomic E-state index is 13.6. The molecule has 2 atom stereocenters. The first-order valence-electron chi connectivity index (χ1n) is 7.50. The van der Waals surface area contributed by atoms with Gasteiger partial charge in [0.25, 0.3) is 0 Å². The van der Waals surface area contributed by atoms with Crippen molar-refractivity contribution in [1.82, 2.24) is 4.90 Å². The quantitative estimate of drug-likeness (QED) is 0.879. The molecule has 5 heteroatoms. The second kappa shape index (κ2) is 7.18. The molecule has 2 N–H and O–H groups in total. The SMILES string of the molecule is CCC(C)(C(N)Cc1cccc(F)c1Br)N1CCOCC1. The second-order valence-electron chi connectivity index (χ2n) is 5.83. The number of morpholine rings is 1. The minimum Gasteiger partial charge on any atom is -0.379 e. The Labute approximate surface area is 134 Å². The largest absolute Gasteiger partial charge is 0.379 e. The van der Waals surface area contributed by atoms with Gasteiger partial charge in [-0.25, -0.2) is 4.39 Å². The first kappa shape index (κ1) is 16.9. The molecule has 118 valence electrons. The Morgan fingerprint density at radius 1 is 1.43 bits per heavy atom. The summed E-state index contributed by atoms with van der Waals surface area (Å²) in [7, 11) is 0. The Morgan fingerprint density at radius 2 is 2.10 bits per heavy atom. The zero-order chi connectivity index (χ0) is 15.5. The maximum Gasteiger partial charge on any atom is 0.137 e. The average Bonchev–Trinajstić information content (AvgIpc) is 2.51.